The summed E-state index contributed by atoms with van der Waals surface area (Å²) >= 11 is 0. The van der Waals surface area contributed by atoms with Crippen LogP contribution in [0.1, 0.15) is 16.1 Å². The van der Waals surface area contributed by atoms with E-state index in [1.54, 1.807) is 30.5 Å². The Morgan fingerprint density at radius 3 is 2.60 bits per heavy atom. The Labute approximate surface area is 86.9 Å². The molecule has 1 aromatic heterocycles. The van der Waals surface area contributed by atoms with Crippen molar-refractivity contribution in [2.45, 2.75) is 6.92 Å². The molecular formula is C11H10N2O2. The lowest BCUT2D eigenvalue weighted by molar-refractivity contribution is 0.112. The monoisotopic (exact) mass is 202 g/mol. The van der Waals surface area contributed by atoms with Crippen LogP contribution >= 0.6 is 0 Å². The Morgan fingerprint density at radius 2 is 2.07 bits per heavy atom. The van der Waals surface area contributed by atoms with Gasteiger partial charge in [0.15, 0.2) is 5.75 Å². The predicted octanol–water partition coefficient (Wildman–Crippen LogP) is 2.32. The number of rotatable bonds is 3. The number of ether oxygens (including phenoxy) is 1. The van der Waals surface area contributed by atoms with Gasteiger partial charge in [-0.3, -0.25) is 9.89 Å². The summed E-state index contributed by atoms with van der Waals surface area (Å²) in [5, 5.41) is 6.63. The number of carbonyl (C=O) groups is 1. The molecule has 2 rings (SSSR count). The Hall–Kier alpha value is -2.10. The molecule has 0 aliphatic carbocycles. The molecule has 0 radical (unpaired) electrons. The zero-order valence-electron chi connectivity index (χ0n) is 8.23. The highest BCUT2D eigenvalue weighted by molar-refractivity contribution is 5.74. The molecule has 76 valence electrons. The normalized spacial score (nSPS) is 9.93. The van der Waals surface area contributed by atoms with Crippen molar-refractivity contribution in [2.75, 3.05) is 0 Å². The van der Waals surface area contributed by atoms with Gasteiger partial charge in [-0.1, -0.05) is 0 Å². The van der Waals surface area contributed by atoms with Gasteiger partial charge in [0.05, 0.1) is 11.9 Å². The molecule has 0 aliphatic heterocycles. The maximum Gasteiger partial charge on any atom is 0.167 e. The lowest BCUT2D eigenvalue weighted by Crippen LogP contribution is -1.85. The van der Waals surface area contributed by atoms with Crippen LogP contribution in [0.3, 0.4) is 0 Å². The van der Waals surface area contributed by atoms with E-state index in [-0.39, 0.29) is 0 Å². The Bertz CT molecular complexity index is 460. The molecule has 4 nitrogen and oxygen atoms in total. The number of aromatic nitrogens is 2. The lowest BCUT2D eigenvalue weighted by Gasteiger charge is -2.03. The van der Waals surface area contributed by atoms with E-state index in [1.165, 1.54) is 0 Å². The van der Waals surface area contributed by atoms with Crippen molar-refractivity contribution < 1.29 is 9.53 Å². The lowest BCUT2D eigenvalue weighted by atomic mass is 10.2. The second kappa shape index (κ2) is 3.96. The predicted molar refractivity (Wildman–Crippen MR) is 55.2 cm³/mol. The van der Waals surface area contributed by atoms with Gasteiger partial charge in [-0.25, -0.2) is 0 Å². The molecule has 0 aliphatic rings. The summed E-state index contributed by atoms with van der Waals surface area (Å²) in [6, 6.07) is 6.90. The van der Waals surface area contributed by atoms with Crippen molar-refractivity contribution in [1.82, 2.24) is 10.2 Å². The van der Waals surface area contributed by atoms with E-state index in [0.29, 0.717) is 17.1 Å². The number of aldehydes is 1. The van der Waals surface area contributed by atoms with Crippen LogP contribution < -0.4 is 4.74 Å². The molecule has 2 aromatic rings. The molecule has 0 spiro atoms. The Balaban J connectivity index is 2.18. The second-order valence-corrected chi connectivity index (χ2v) is 3.15. The van der Waals surface area contributed by atoms with Gasteiger partial charge in [-0.15, -0.1) is 0 Å². The molecule has 0 saturated carbocycles. The van der Waals surface area contributed by atoms with Crippen molar-refractivity contribution in [2.24, 2.45) is 0 Å². The molecule has 0 amide bonds. The number of hydrogen-bond acceptors (Lipinski definition) is 3. The number of carbonyl (C=O) groups excluding carboxylic acids is 1. The van der Waals surface area contributed by atoms with Gasteiger partial charge in [0.2, 0.25) is 0 Å². The van der Waals surface area contributed by atoms with Crippen molar-refractivity contribution in [3.8, 4) is 11.5 Å². The minimum absolute atomic E-state index is 0.631. The molecule has 1 heterocycles. The number of aromatic amines is 1. The highest BCUT2D eigenvalue weighted by Gasteiger charge is 2.02. The first kappa shape index (κ1) is 9.45. The summed E-state index contributed by atoms with van der Waals surface area (Å²) < 4.78 is 5.54. The van der Waals surface area contributed by atoms with E-state index in [0.717, 1.165) is 12.0 Å². The Morgan fingerprint density at radius 1 is 1.33 bits per heavy atom. The number of hydrogen-bond donors (Lipinski definition) is 1. The van der Waals surface area contributed by atoms with Crippen molar-refractivity contribution in [1.29, 1.82) is 0 Å². The van der Waals surface area contributed by atoms with Gasteiger partial charge in [0.1, 0.15) is 12.0 Å². The van der Waals surface area contributed by atoms with Crippen LogP contribution in [-0.2, 0) is 0 Å². The fourth-order valence-corrected chi connectivity index (χ4v) is 1.18. The topological polar surface area (TPSA) is 55.0 Å². The zero-order chi connectivity index (χ0) is 10.7. The van der Waals surface area contributed by atoms with Crippen molar-refractivity contribution >= 4 is 6.29 Å². The minimum Gasteiger partial charge on any atom is -0.454 e. The first-order valence-electron chi connectivity index (χ1n) is 4.52. The van der Waals surface area contributed by atoms with Gasteiger partial charge in [-0.05, 0) is 31.2 Å². The Kier molecular flexibility index (Phi) is 2.49. The summed E-state index contributed by atoms with van der Waals surface area (Å²) in [5.74, 6) is 1.37. The van der Waals surface area contributed by atoms with Crippen LogP contribution in [0.5, 0.6) is 11.5 Å². The largest absolute Gasteiger partial charge is 0.454 e. The number of nitrogens with zero attached hydrogens (tertiary/aromatic N) is 1. The third-order valence-corrected chi connectivity index (χ3v) is 2.03. The average Bonchev–Trinajstić information content (AvgIpc) is 2.66. The molecule has 0 unspecified atom stereocenters. The summed E-state index contributed by atoms with van der Waals surface area (Å²) in [5.41, 5.74) is 1.50. The smallest absolute Gasteiger partial charge is 0.167 e. The fraction of sp³-hybridized carbons (Fsp3) is 0.0909. The van der Waals surface area contributed by atoms with Gasteiger partial charge >= 0.3 is 0 Å². The van der Waals surface area contributed by atoms with Crippen LogP contribution in [0.15, 0.2) is 30.5 Å². The summed E-state index contributed by atoms with van der Waals surface area (Å²) in [6.07, 6.45) is 2.41. The third kappa shape index (κ3) is 2.04. The maximum atomic E-state index is 10.4. The summed E-state index contributed by atoms with van der Waals surface area (Å²) in [4.78, 5) is 10.4. The van der Waals surface area contributed by atoms with E-state index in [1.807, 2.05) is 6.92 Å². The molecular weight excluding hydrogens is 192 g/mol. The van der Waals surface area contributed by atoms with Gasteiger partial charge in [0, 0.05) is 5.56 Å². The summed E-state index contributed by atoms with van der Waals surface area (Å²) in [6.45, 7) is 1.88. The first-order valence-corrected chi connectivity index (χ1v) is 4.52. The van der Waals surface area contributed by atoms with E-state index in [9.17, 15) is 4.79 Å². The highest BCUT2D eigenvalue weighted by Crippen LogP contribution is 2.22. The van der Waals surface area contributed by atoms with Crippen molar-refractivity contribution in [3.05, 3.63) is 41.7 Å². The second-order valence-electron chi connectivity index (χ2n) is 3.15. The quantitative estimate of drug-likeness (QED) is 0.777. The van der Waals surface area contributed by atoms with Crippen LogP contribution in [0.2, 0.25) is 0 Å². The number of aryl methyl sites for hydroxylation is 1. The molecule has 0 fully saturated rings. The molecule has 4 heteroatoms. The van der Waals surface area contributed by atoms with E-state index in [4.69, 9.17) is 4.74 Å². The molecule has 0 saturated heterocycles. The van der Waals surface area contributed by atoms with E-state index < -0.39 is 0 Å². The molecule has 1 aromatic carbocycles. The van der Waals surface area contributed by atoms with Gasteiger partial charge < -0.3 is 4.74 Å². The number of benzene rings is 1. The van der Waals surface area contributed by atoms with Crippen LogP contribution in [0, 0.1) is 6.92 Å². The number of H-pyrrole nitrogens is 1. The molecule has 0 atom stereocenters. The maximum absolute atomic E-state index is 10.4. The zero-order valence-corrected chi connectivity index (χ0v) is 8.23. The van der Waals surface area contributed by atoms with Crippen LogP contribution in [0.25, 0.3) is 0 Å². The first-order chi connectivity index (χ1) is 7.29. The highest BCUT2D eigenvalue weighted by atomic mass is 16.5. The van der Waals surface area contributed by atoms with Crippen LogP contribution in [-0.4, -0.2) is 16.5 Å². The standard InChI is InChI=1S/C11H10N2O2/c1-8-11(6-12-13-8)15-10-4-2-9(7-14)3-5-10/h2-7H,1H3,(H,12,13). The molecule has 1 N–H and O–H groups in total. The number of nitrogens with one attached hydrogen (secondary N) is 1. The van der Waals surface area contributed by atoms with E-state index >= 15 is 0 Å². The van der Waals surface area contributed by atoms with E-state index in [2.05, 4.69) is 10.2 Å². The average molecular weight is 202 g/mol. The SMILES string of the molecule is Cc1[nH]ncc1Oc1ccc(C=O)cc1. The van der Waals surface area contributed by atoms with Gasteiger partial charge in [0.25, 0.3) is 0 Å². The molecule has 15 heavy (non-hydrogen) atoms. The summed E-state index contributed by atoms with van der Waals surface area (Å²) in [7, 11) is 0. The van der Waals surface area contributed by atoms with Crippen molar-refractivity contribution in [3.63, 3.8) is 0 Å². The molecule has 0 bridgehead atoms. The fourth-order valence-electron chi connectivity index (χ4n) is 1.18. The third-order valence-electron chi connectivity index (χ3n) is 2.03. The minimum atomic E-state index is 0.631. The van der Waals surface area contributed by atoms with Gasteiger partial charge in [-0.2, -0.15) is 5.10 Å². The van der Waals surface area contributed by atoms with Crippen LogP contribution in [0.4, 0.5) is 0 Å².